The summed E-state index contributed by atoms with van der Waals surface area (Å²) in [5, 5.41) is 8.28. The van der Waals surface area contributed by atoms with Gasteiger partial charge >= 0.3 is 0 Å². The molecule has 0 N–H and O–H groups in total. The lowest BCUT2D eigenvalue weighted by Crippen LogP contribution is -1.99. The average molecular weight is 354 g/mol. The van der Waals surface area contributed by atoms with Gasteiger partial charge in [-0.25, -0.2) is 8.42 Å². The fourth-order valence-electron chi connectivity index (χ4n) is 2.59. The lowest BCUT2D eigenvalue weighted by Gasteiger charge is -2.13. The number of rotatable bonds is 4. The highest BCUT2D eigenvalue weighted by molar-refractivity contribution is 7.90. The van der Waals surface area contributed by atoms with Gasteiger partial charge in [-0.15, -0.1) is 5.10 Å². The zero-order valence-corrected chi connectivity index (χ0v) is 15.0. The van der Waals surface area contributed by atoms with E-state index in [2.05, 4.69) is 10.2 Å². The summed E-state index contributed by atoms with van der Waals surface area (Å²) in [7, 11) is -1.65. The van der Waals surface area contributed by atoms with Gasteiger partial charge in [-0.1, -0.05) is 42.0 Å². The number of aromatic nitrogens is 2. The van der Waals surface area contributed by atoms with Crippen molar-refractivity contribution in [2.45, 2.75) is 11.8 Å². The fourth-order valence-corrected chi connectivity index (χ4v) is 3.22. The topological polar surface area (TPSA) is 69.2 Å². The van der Waals surface area contributed by atoms with Crippen molar-refractivity contribution in [1.29, 1.82) is 0 Å². The molecule has 5 nitrogen and oxygen atoms in total. The zero-order valence-electron chi connectivity index (χ0n) is 14.2. The highest BCUT2D eigenvalue weighted by Gasteiger charge is 2.16. The summed E-state index contributed by atoms with van der Waals surface area (Å²) >= 11 is 0. The van der Waals surface area contributed by atoms with Crippen LogP contribution in [0.2, 0.25) is 0 Å². The molecule has 0 amide bonds. The van der Waals surface area contributed by atoms with E-state index in [0.717, 1.165) is 22.3 Å². The Morgan fingerprint density at radius 2 is 1.52 bits per heavy atom. The van der Waals surface area contributed by atoms with Gasteiger partial charge in [0.05, 0.1) is 23.8 Å². The molecule has 1 heterocycles. The van der Waals surface area contributed by atoms with Gasteiger partial charge in [0.15, 0.2) is 9.84 Å². The summed E-state index contributed by atoms with van der Waals surface area (Å²) in [6.07, 6.45) is 2.76. The van der Waals surface area contributed by atoms with E-state index in [1.54, 1.807) is 37.6 Å². The summed E-state index contributed by atoms with van der Waals surface area (Å²) in [5.41, 5.74) is 4.35. The predicted molar refractivity (Wildman–Crippen MR) is 97.3 cm³/mol. The van der Waals surface area contributed by atoms with Gasteiger partial charge in [0.25, 0.3) is 0 Å². The summed E-state index contributed by atoms with van der Waals surface area (Å²) < 4.78 is 28.8. The van der Waals surface area contributed by atoms with E-state index < -0.39 is 9.84 Å². The first-order valence-electron chi connectivity index (χ1n) is 7.67. The number of aryl methyl sites for hydroxylation is 1. The van der Waals surface area contributed by atoms with Crippen molar-refractivity contribution in [2.24, 2.45) is 0 Å². The minimum absolute atomic E-state index is 0.268. The first kappa shape index (κ1) is 17.1. The second kappa shape index (κ2) is 6.64. The van der Waals surface area contributed by atoms with Crippen LogP contribution in [0.25, 0.3) is 22.4 Å². The van der Waals surface area contributed by atoms with Crippen LogP contribution in [-0.4, -0.2) is 32.0 Å². The maximum Gasteiger partial charge on any atom is 0.175 e. The van der Waals surface area contributed by atoms with Crippen molar-refractivity contribution in [3.05, 3.63) is 60.3 Å². The van der Waals surface area contributed by atoms with E-state index in [0.29, 0.717) is 11.4 Å². The minimum atomic E-state index is -3.24. The molecule has 2 aromatic carbocycles. The van der Waals surface area contributed by atoms with Crippen LogP contribution in [0.3, 0.4) is 0 Å². The van der Waals surface area contributed by atoms with Crippen molar-refractivity contribution in [1.82, 2.24) is 10.2 Å². The van der Waals surface area contributed by atoms with Crippen molar-refractivity contribution in [3.8, 4) is 28.1 Å². The molecule has 0 fully saturated rings. The van der Waals surface area contributed by atoms with Crippen LogP contribution in [0.15, 0.2) is 59.6 Å². The van der Waals surface area contributed by atoms with Crippen molar-refractivity contribution in [2.75, 3.05) is 13.4 Å². The van der Waals surface area contributed by atoms with Crippen LogP contribution in [0.1, 0.15) is 5.56 Å². The molecule has 3 aromatic rings. The molecule has 0 saturated heterocycles. The zero-order chi connectivity index (χ0) is 18.0. The van der Waals surface area contributed by atoms with Crippen molar-refractivity contribution < 1.29 is 13.2 Å². The fraction of sp³-hybridized carbons (Fsp3) is 0.158. The van der Waals surface area contributed by atoms with Crippen molar-refractivity contribution in [3.63, 3.8) is 0 Å². The molecule has 0 aliphatic heterocycles. The molecule has 0 saturated carbocycles. The SMILES string of the molecule is COc1cnnc(-c2ccc(S(C)(=O)=O)cc2)c1-c1ccc(C)cc1. The first-order valence-corrected chi connectivity index (χ1v) is 9.56. The molecule has 0 atom stereocenters. The number of benzene rings is 2. The number of methoxy groups -OCH3 is 1. The van der Waals surface area contributed by atoms with Gasteiger partial charge in [0.2, 0.25) is 0 Å². The summed E-state index contributed by atoms with van der Waals surface area (Å²) in [6.45, 7) is 2.02. The van der Waals surface area contributed by atoms with Crippen LogP contribution in [-0.2, 0) is 9.84 Å². The summed E-state index contributed by atoms with van der Waals surface area (Å²) in [4.78, 5) is 0.268. The van der Waals surface area contributed by atoms with E-state index in [4.69, 9.17) is 4.74 Å². The Kier molecular flexibility index (Phi) is 4.55. The third-order valence-corrected chi connectivity index (χ3v) is 5.06. The number of ether oxygens (including phenoxy) is 1. The summed E-state index contributed by atoms with van der Waals surface area (Å²) in [5.74, 6) is 0.612. The van der Waals surface area contributed by atoms with Gasteiger partial charge in [0.1, 0.15) is 11.4 Å². The largest absolute Gasteiger partial charge is 0.494 e. The van der Waals surface area contributed by atoms with Gasteiger partial charge < -0.3 is 4.74 Å². The normalized spacial score (nSPS) is 11.3. The van der Waals surface area contributed by atoms with Crippen LogP contribution >= 0.6 is 0 Å². The number of sulfone groups is 1. The Morgan fingerprint density at radius 3 is 2.08 bits per heavy atom. The second-order valence-corrected chi connectivity index (χ2v) is 7.81. The highest BCUT2D eigenvalue weighted by Crippen LogP contribution is 2.37. The monoisotopic (exact) mass is 354 g/mol. The van der Waals surface area contributed by atoms with Crippen LogP contribution in [0.4, 0.5) is 0 Å². The maximum atomic E-state index is 11.7. The maximum absolute atomic E-state index is 11.7. The molecular formula is C19H18N2O3S. The Bertz CT molecular complexity index is 996. The molecular weight excluding hydrogens is 336 g/mol. The standard InChI is InChI=1S/C19H18N2O3S/c1-13-4-6-14(7-5-13)18-17(24-2)12-20-21-19(18)15-8-10-16(11-9-15)25(3,22)23/h4-12H,1-3H3. The minimum Gasteiger partial charge on any atom is -0.494 e. The molecule has 0 radical (unpaired) electrons. The number of nitrogens with zero attached hydrogens (tertiary/aromatic N) is 2. The molecule has 6 heteroatoms. The predicted octanol–water partition coefficient (Wildman–Crippen LogP) is 3.53. The highest BCUT2D eigenvalue weighted by atomic mass is 32.2. The molecule has 0 aliphatic rings. The average Bonchev–Trinajstić information content (AvgIpc) is 2.61. The third-order valence-electron chi connectivity index (χ3n) is 3.93. The quantitative estimate of drug-likeness (QED) is 0.717. The Balaban J connectivity index is 2.18. The lowest BCUT2D eigenvalue weighted by molar-refractivity contribution is 0.413. The smallest absolute Gasteiger partial charge is 0.175 e. The molecule has 128 valence electrons. The van der Waals surface area contributed by atoms with Crippen LogP contribution in [0.5, 0.6) is 5.75 Å². The van der Waals surface area contributed by atoms with E-state index >= 15 is 0 Å². The molecule has 0 spiro atoms. The van der Waals surface area contributed by atoms with E-state index in [1.807, 2.05) is 31.2 Å². The van der Waals surface area contributed by atoms with Crippen LogP contribution in [0, 0.1) is 6.92 Å². The molecule has 1 aromatic heterocycles. The van der Waals surface area contributed by atoms with Gasteiger partial charge in [0, 0.05) is 11.8 Å². The first-order chi connectivity index (χ1) is 11.9. The Hall–Kier alpha value is -2.73. The lowest BCUT2D eigenvalue weighted by atomic mass is 9.98. The molecule has 25 heavy (non-hydrogen) atoms. The van der Waals surface area contributed by atoms with E-state index in [9.17, 15) is 8.42 Å². The van der Waals surface area contributed by atoms with Gasteiger partial charge in [-0.3, -0.25) is 0 Å². The van der Waals surface area contributed by atoms with Crippen molar-refractivity contribution >= 4 is 9.84 Å². The number of hydrogen-bond donors (Lipinski definition) is 0. The van der Waals surface area contributed by atoms with Gasteiger partial charge in [-0.05, 0) is 24.6 Å². The van der Waals surface area contributed by atoms with Gasteiger partial charge in [-0.2, -0.15) is 5.10 Å². The second-order valence-electron chi connectivity index (χ2n) is 5.80. The summed E-state index contributed by atoms with van der Waals surface area (Å²) in [6, 6.07) is 14.7. The third kappa shape index (κ3) is 3.53. The molecule has 0 bridgehead atoms. The Morgan fingerprint density at radius 1 is 0.920 bits per heavy atom. The number of hydrogen-bond acceptors (Lipinski definition) is 5. The molecule has 0 aliphatic carbocycles. The molecule has 0 unspecified atom stereocenters. The van der Waals surface area contributed by atoms with Crippen LogP contribution < -0.4 is 4.74 Å². The van der Waals surface area contributed by atoms with E-state index in [1.165, 1.54) is 6.26 Å². The molecule has 3 rings (SSSR count). The van der Waals surface area contributed by atoms with E-state index in [-0.39, 0.29) is 4.90 Å². The Labute approximate surface area is 147 Å².